The predicted octanol–water partition coefficient (Wildman–Crippen LogP) is 4.05. The summed E-state index contributed by atoms with van der Waals surface area (Å²) in [6, 6.07) is 18.5. The SMILES string of the molecule is CC(OC(=O)c1cccc(S(=O)(=O)N(C)C(C)C)c1)C(=O)Nc1cccc2ccccc12. The molecular formula is C24H26N2O5S. The van der Waals surface area contributed by atoms with Gasteiger partial charge in [-0.1, -0.05) is 42.5 Å². The van der Waals surface area contributed by atoms with Crippen molar-refractivity contribution in [2.75, 3.05) is 12.4 Å². The Morgan fingerprint density at radius 3 is 2.31 bits per heavy atom. The number of nitrogens with one attached hydrogen (secondary N) is 1. The Balaban J connectivity index is 1.73. The third-order valence-electron chi connectivity index (χ3n) is 5.17. The Kier molecular flexibility index (Phi) is 6.96. The van der Waals surface area contributed by atoms with Crippen molar-refractivity contribution in [2.24, 2.45) is 0 Å². The van der Waals surface area contributed by atoms with Crippen LogP contribution in [0.4, 0.5) is 5.69 Å². The molecule has 3 aromatic carbocycles. The van der Waals surface area contributed by atoms with E-state index >= 15 is 0 Å². The fourth-order valence-electron chi connectivity index (χ4n) is 3.08. The van der Waals surface area contributed by atoms with Gasteiger partial charge in [0, 0.05) is 24.2 Å². The highest BCUT2D eigenvalue weighted by Crippen LogP contribution is 2.23. The molecule has 0 aromatic heterocycles. The molecule has 3 rings (SSSR count). The molecule has 0 saturated carbocycles. The molecule has 1 N–H and O–H groups in total. The number of carbonyl (C=O) groups excluding carboxylic acids is 2. The zero-order valence-electron chi connectivity index (χ0n) is 18.4. The van der Waals surface area contributed by atoms with Crippen LogP contribution in [0.2, 0.25) is 0 Å². The molecule has 168 valence electrons. The molecule has 0 bridgehead atoms. The number of esters is 1. The van der Waals surface area contributed by atoms with Gasteiger partial charge in [0.15, 0.2) is 6.10 Å². The second-order valence-corrected chi connectivity index (χ2v) is 9.70. The van der Waals surface area contributed by atoms with Gasteiger partial charge in [-0.05, 0) is 50.4 Å². The summed E-state index contributed by atoms with van der Waals surface area (Å²) in [6.07, 6.45) is -1.08. The monoisotopic (exact) mass is 454 g/mol. The van der Waals surface area contributed by atoms with Crippen LogP contribution in [0.3, 0.4) is 0 Å². The van der Waals surface area contributed by atoms with E-state index in [1.54, 1.807) is 19.9 Å². The maximum Gasteiger partial charge on any atom is 0.338 e. The van der Waals surface area contributed by atoms with E-state index in [2.05, 4.69) is 5.32 Å². The lowest BCUT2D eigenvalue weighted by molar-refractivity contribution is -0.123. The van der Waals surface area contributed by atoms with E-state index in [1.165, 1.54) is 42.5 Å². The minimum atomic E-state index is -3.75. The first-order valence-electron chi connectivity index (χ1n) is 10.2. The largest absolute Gasteiger partial charge is 0.449 e. The highest BCUT2D eigenvalue weighted by Gasteiger charge is 2.25. The number of hydrogen-bond donors (Lipinski definition) is 1. The van der Waals surface area contributed by atoms with E-state index in [-0.39, 0.29) is 16.5 Å². The van der Waals surface area contributed by atoms with Crippen molar-refractivity contribution in [1.29, 1.82) is 0 Å². The standard InChI is InChI=1S/C24H26N2O5S/c1-16(2)26(4)32(29,30)20-12-7-11-19(15-20)24(28)31-17(3)23(27)25-22-14-8-10-18-9-5-6-13-21(18)22/h5-17H,1-4H3,(H,25,27). The van der Waals surface area contributed by atoms with Gasteiger partial charge in [-0.25, -0.2) is 13.2 Å². The number of rotatable bonds is 7. The van der Waals surface area contributed by atoms with Crippen molar-refractivity contribution in [1.82, 2.24) is 4.31 Å². The van der Waals surface area contributed by atoms with Gasteiger partial charge in [-0.3, -0.25) is 4.79 Å². The summed E-state index contributed by atoms with van der Waals surface area (Å²) in [5.41, 5.74) is 0.661. The second kappa shape index (κ2) is 9.50. The first kappa shape index (κ1) is 23.4. The molecule has 0 spiro atoms. The van der Waals surface area contributed by atoms with E-state index in [0.29, 0.717) is 5.69 Å². The Morgan fingerprint density at radius 2 is 1.59 bits per heavy atom. The quantitative estimate of drug-likeness (QED) is 0.544. The number of ether oxygens (including phenoxy) is 1. The predicted molar refractivity (Wildman–Crippen MR) is 124 cm³/mol. The lowest BCUT2D eigenvalue weighted by Gasteiger charge is -2.21. The Morgan fingerprint density at radius 1 is 0.938 bits per heavy atom. The van der Waals surface area contributed by atoms with Crippen molar-refractivity contribution in [2.45, 2.75) is 37.8 Å². The maximum absolute atomic E-state index is 12.7. The third-order valence-corrected chi connectivity index (χ3v) is 7.20. The Hall–Kier alpha value is -3.23. The molecule has 3 aromatic rings. The van der Waals surface area contributed by atoms with Gasteiger partial charge < -0.3 is 10.1 Å². The van der Waals surface area contributed by atoms with E-state index in [4.69, 9.17) is 4.74 Å². The number of anilines is 1. The van der Waals surface area contributed by atoms with Crippen molar-refractivity contribution in [3.05, 3.63) is 72.3 Å². The van der Waals surface area contributed by atoms with Crippen LogP contribution >= 0.6 is 0 Å². The molecule has 0 heterocycles. The number of nitrogens with zero attached hydrogens (tertiary/aromatic N) is 1. The molecule has 0 saturated heterocycles. The van der Waals surface area contributed by atoms with Crippen LogP contribution in [0.25, 0.3) is 10.8 Å². The van der Waals surface area contributed by atoms with Crippen LogP contribution in [0.1, 0.15) is 31.1 Å². The second-order valence-electron chi connectivity index (χ2n) is 7.71. The number of benzene rings is 3. The molecule has 7 nitrogen and oxygen atoms in total. The first-order valence-corrected chi connectivity index (χ1v) is 11.6. The molecule has 0 aliphatic rings. The molecule has 0 fully saturated rings. The Bertz CT molecular complexity index is 1250. The summed E-state index contributed by atoms with van der Waals surface area (Å²) < 4.78 is 31.9. The number of hydrogen-bond acceptors (Lipinski definition) is 5. The van der Waals surface area contributed by atoms with E-state index in [1.807, 2.05) is 36.4 Å². The molecule has 1 unspecified atom stereocenters. The Labute approximate surface area is 188 Å². The van der Waals surface area contributed by atoms with Crippen LogP contribution in [0.15, 0.2) is 71.6 Å². The third kappa shape index (κ3) is 4.98. The fraction of sp³-hybridized carbons (Fsp3) is 0.250. The van der Waals surface area contributed by atoms with Crippen molar-refractivity contribution < 1.29 is 22.7 Å². The van der Waals surface area contributed by atoms with Crippen LogP contribution in [-0.2, 0) is 19.6 Å². The average molecular weight is 455 g/mol. The van der Waals surface area contributed by atoms with E-state index < -0.39 is 28.0 Å². The molecule has 0 aliphatic carbocycles. The maximum atomic E-state index is 12.7. The molecule has 32 heavy (non-hydrogen) atoms. The lowest BCUT2D eigenvalue weighted by atomic mass is 10.1. The highest BCUT2D eigenvalue weighted by molar-refractivity contribution is 7.89. The number of fused-ring (bicyclic) bond motifs is 1. The summed E-state index contributed by atoms with van der Waals surface area (Å²) in [6.45, 7) is 4.98. The summed E-state index contributed by atoms with van der Waals surface area (Å²) in [5, 5.41) is 4.63. The summed E-state index contributed by atoms with van der Waals surface area (Å²) in [7, 11) is -2.28. The normalized spacial score (nSPS) is 12.7. The van der Waals surface area contributed by atoms with Crippen molar-refractivity contribution in [3.63, 3.8) is 0 Å². The van der Waals surface area contributed by atoms with Crippen molar-refractivity contribution in [3.8, 4) is 0 Å². The molecule has 8 heteroatoms. The minimum Gasteiger partial charge on any atom is -0.449 e. The van der Waals surface area contributed by atoms with Gasteiger partial charge in [-0.2, -0.15) is 4.31 Å². The lowest BCUT2D eigenvalue weighted by Crippen LogP contribution is -2.33. The van der Waals surface area contributed by atoms with Gasteiger partial charge in [0.25, 0.3) is 5.91 Å². The molecular weight excluding hydrogens is 428 g/mol. The van der Waals surface area contributed by atoms with Crippen LogP contribution in [0, 0.1) is 0 Å². The summed E-state index contributed by atoms with van der Waals surface area (Å²) >= 11 is 0. The van der Waals surface area contributed by atoms with E-state index in [0.717, 1.165) is 10.8 Å². The molecule has 0 radical (unpaired) electrons. The molecule has 0 aliphatic heterocycles. The average Bonchev–Trinajstić information content (AvgIpc) is 2.78. The summed E-state index contributed by atoms with van der Waals surface area (Å²) in [4.78, 5) is 25.2. The minimum absolute atomic E-state index is 0.0176. The highest BCUT2D eigenvalue weighted by atomic mass is 32.2. The first-order chi connectivity index (χ1) is 15.1. The molecule has 1 amide bonds. The number of carbonyl (C=O) groups is 2. The van der Waals surface area contributed by atoms with Crippen LogP contribution in [0.5, 0.6) is 0 Å². The van der Waals surface area contributed by atoms with Gasteiger partial charge in [0.05, 0.1) is 10.5 Å². The van der Waals surface area contributed by atoms with E-state index in [9.17, 15) is 18.0 Å². The van der Waals surface area contributed by atoms with Crippen molar-refractivity contribution >= 4 is 38.4 Å². The number of amides is 1. The van der Waals surface area contributed by atoms with Gasteiger partial charge in [0.2, 0.25) is 10.0 Å². The van der Waals surface area contributed by atoms with Gasteiger partial charge in [-0.15, -0.1) is 0 Å². The zero-order valence-corrected chi connectivity index (χ0v) is 19.2. The van der Waals surface area contributed by atoms with Gasteiger partial charge in [0.1, 0.15) is 0 Å². The van der Waals surface area contributed by atoms with Gasteiger partial charge >= 0.3 is 5.97 Å². The topological polar surface area (TPSA) is 92.8 Å². The smallest absolute Gasteiger partial charge is 0.338 e. The number of sulfonamides is 1. The van der Waals surface area contributed by atoms with Crippen LogP contribution in [-0.4, -0.2) is 43.8 Å². The van der Waals surface area contributed by atoms with Crippen LogP contribution < -0.4 is 5.32 Å². The summed E-state index contributed by atoms with van der Waals surface area (Å²) in [5.74, 6) is -1.27. The fourth-order valence-corrected chi connectivity index (χ4v) is 4.49. The molecule has 1 atom stereocenters. The zero-order chi connectivity index (χ0) is 23.5.